The SMILES string of the molecule is CCN(C)CCNS(=O)(=O)c1cc(C(=O)O)ccc1C. The molecule has 0 aromatic heterocycles. The van der Waals surface area contributed by atoms with Gasteiger partial charge in [0.2, 0.25) is 10.0 Å². The number of aromatic carboxylic acids is 1. The van der Waals surface area contributed by atoms with Crippen molar-refractivity contribution >= 4 is 16.0 Å². The normalized spacial score (nSPS) is 11.8. The van der Waals surface area contributed by atoms with Crippen molar-refractivity contribution in [3.8, 4) is 0 Å². The number of hydrogen-bond acceptors (Lipinski definition) is 4. The largest absolute Gasteiger partial charge is 0.478 e. The van der Waals surface area contributed by atoms with Gasteiger partial charge in [-0.25, -0.2) is 17.9 Å². The molecule has 0 unspecified atom stereocenters. The van der Waals surface area contributed by atoms with E-state index in [4.69, 9.17) is 5.11 Å². The molecule has 0 fully saturated rings. The van der Waals surface area contributed by atoms with Crippen LogP contribution < -0.4 is 4.72 Å². The van der Waals surface area contributed by atoms with E-state index in [1.54, 1.807) is 6.92 Å². The highest BCUT2D eigenvalue weighted by molar-refractivity contribution is 7.89. The second-order valence-electron chi connectivity index (χ2n) is 4.58. The highest BCUT2D eigenvalue weighted by Gasteiger charge is 2.18. The molecule has 0 saturated heterocycles. The molecule has 0 radical (unpaired) electrons. The summed E-state index contributed by atoms with van der Waals surface area (Å²) >= 11 is 0. The average molecular weight is 300 g/mol. The van der Waals surface area contributed by atoms with Crippen LogP contribution in [-0.2, 0) is 10.0 Å². The number of rotatable bonds is 7. The summed E-state index contributed by atoms with van der Waals surface area (Å²) in [5.41, 5.74) is 0.480. The molecule has 0 bridgehead atoms. The molecule has 7 heteroatoms. The van der Waals surface area contributed by atoms with Crippen molar-refractivity contribution in [3.63, 3.8) is 0 Å². The fourth-order valence-corrected chi connectivity index (χ4v) is 2.92. The molecule has 2 N–H and O–H groups in total. The number of hydrogen-bond donors (Lipinski definition) is 2. The van der Waals surface area contributed by atoms with Crippen LogP contribution in [0.4, 0.5) is 0 Å². The molecule has 0 aliphatic rings. The first kappa shape index (κ1) is 16.6. The van der Waals surface area contributed by atoms with Crippen molar-refractivity contribution in [2.45, 2.75) is 18.7 Å². The highest BCUT2D eigenvalue weighted by Crippen LogP contribution is 2.17. The summed E-state index contributed by atoms with van der Waals surface area (Å²) in [7, 11) is -1.80. The van der Waals surface area contributed by atoms with Crippen molar-refractivity contribution in [3.05, 3.63) is 29.3 Å². The van der Waals surface area contributed by atoms with Gasteiger partial charge in [-0.2, -0.15) is 0 Å². The lowest BCUT2D eigenvalue weighted by atomic mass is 10.1. The first-order valence-corrected chi connectivity index (χ1v) is 7.78. The fourth-order valence-electron chi connectivity index (χ4n) is 1.63. The van der Waals surface area contributed by atoms with Crippen molar-refractivity contribution < 1.29 is 18.3 Å². The molecule has 1 rings (SSSR count). The number of carboxylic acid groups (broad SMARTS) is 1. The molecule has 1 aromatic rings. The van der Waals surface area contributed by atoms with E-state index in [-0.39, 0.29) is 17.0 Å². The monoisotopic (exact) mass is 300 g/mol. The van der Waals surface area contributed by atoms with Crippen molar-refractivity contribution in [2.24, 2.45) is 0 Å². The van der Waals surface area contributed by atoms with Gasteiger partial charge in [0.15, 0.2) is 0 Å². The third-order valence-corrected chi connectivity index (χ3v) is 4.65. The van der Waals surface area contributed by atoms with E-state index in [1.807, 2.05) is 18.9 Å². The van der Waals surface area contributed by atoms with E-state index in [0.29, 0.717) is 12.1 Å². The van der Waals surface area contributed by atoms with Gasteiger partial charge in [0, 0.05) is 13.1 Å². The molecule has 0 atom stereocenters. The smallest absolute Gasteiger partial charge is 0.335 e. The van der Waals surface area contributed by atoms with E-state index < -0.39 is 16.0 Å². The number of nitrogens with one attached hydrogen (secondary N) is 1. The average Bonchev–Trinajstić information content (AvgIpc) is 2.38. The Morgan fingerprint density at radius 3 is 2.60 bits per heavy atom. The molecular weight excluding hydrogens is 280 g/mol. The molecule has 1 aromatic carbocycles. The molecule has 0 saturated carbocycles. The minimum absolute atomic E-state index is 0.0107. The Kier molecular flexibility index (Phi) is 5.67. The van der Waals surface area contributed by atoms with Gasteiger partial charge in [0.1, 0.15) is 0 Å². The fraction of sp³-hybridized carbons (Fsp3) is 0.462. The van der Waals surface area contributed by atoms with Crippen LogP contribution in [0.3, 0.4) is 0 Å². The number of nitrogens with zero attached hydrogens (tertiary/aromatic N) is 1. The van der Waals surface area contributed by atoms with E-state index >= 15 is 0 Å². The number of benzene rings is 1. The minimum atomic E-state index is -3.69. The summed E-state index contributed by atoms with van der Waals surface area (Å²) < 4.78 is 26.8. The van der Waals surface area contributed by atoms with Crippen LogP contribution in [0.1, 0.15) is 22.8 Å². The lowest BCUT2D eigenvalue weighted by molar-refractivity contribution is 0.0696. The van der Waals surface area contributed by atoms with Gasteiger partial charge >= 0.3 is 5.97 Å². The molecule has 112 valence electrons. The zero-order valence-corrected chi connectivity index (χ0v) is 12.7. The Morgan fingerprint density at radius 2 is 2.05 bits per heavy atom. The topological polar surface area (TPSA) is 86.7 Å². The maximum Gasteiger partial charge on any atom is 0.335 e. The molecule has 6 nitrogen and oxygen atoms in total. The molecule has 0 aliphatic carbocycles. The summed E-state index contributed by atoms with van der Waals surface area (Å²) in [6.45, 7) is 5.32. The van der Waals surface area contributed by atoms with E-state index in [2.05, 4.69) is 4.72 Å². The van der Waals surface area contributed by atoms with Crippen LogP contribution in [0.25, 0.3) is 0 Å². The highest BCUT2D eigenvalue weighted by atomic mass is 32.2. The van der Waals surface area contributed by atoms with Crippen LogP contribution in [0, 0.1) is 6.92 Å². The Labute approximate surface area is 119 Å². The Hall–Kier alpha value is -1.44. The molecule has 0 aliphatic heterocycles. The number of carbonyl (C=O) groups is 1. The van der Waals surface area contributed by atoms with Crippen LogP contribution >= 0.6 is 0 Å². The van der Waals surface area contributed by atoms with E-state index in [1.165, 1.54) is 18.2 Å². The minimum Gasteiger partial charge on any atom is -0.478 e. The maximum absolute atomic E-state index is 12.2. The first-order valence-electron chi connectivity index (χ1n) is 6.30. The summed E-state index contributed by atoms with van der Waals surface area (Å²) in [6, 6.07) is 4.07. The number of carboxylic acids is 1. The second-order valence-corrected chi connectivity index (χ2v) is 6.31. The van der Waals surface area contributed by atoms with Gasteiger partial charge in [-0.05, 0) is 38.2 Å². The predicted octanol–water partition coefficient (Wildman–Crippen LogP) is 0.923. The molecule has 20 heavy (non-hydrogen) atoms. The standard InChI is InChI=1S/C13H20N2O4S/c1-4-15(3)8-7-14-20(18,19)12-9-11(13(16)17)6-5-10(12)2/h5-6,9,14H,4,7-8H2,1-3H3,(H,16,17). The van der Waals surface area contributed by atoms with Gasteiger partial charge in [0.25, 0.3) is 0 Å². The summed E-state index contributed by atoms with van der Waals surface area (Å²) in [6.07, 6.45) is 0. The van der Waals surface area contributed by atoms with Crippen LogP contribution in [0.5, 0.6) is 0 Å². The lowest BCUT2D eigenvalue weighted by Crippen LogP contribution is -2.33. The number of likely N-dealkylation sites (N-methyl/N-ethyl adjacent to an activating group) is 1. The summed E-state index contributed by atoms with van der Waals surface area (Å²) in [4.78, 5) is 12.9. The number of sulfonamides is 1. The van der Waals surface area contributed by atoms with Crippen molar-refractivity contribution in [1.82, 2.24) is 9.62 Å². The first-order chi connectivity index (χ1) is 9.27. The van der Waals surface area contributed by atoms with Crippen LogP contribution in [0.2, 0.25) is 0 Å². The Bertz CT molecular complexity index is 584. The van der Waals surface area contributed by atoms with E-state index in [9.17, 15) is 13.2 Å². The molecular formula is C13H20N2O4S. The van der Waals surface area contributed by atoms with Crippen LogP contribution in [-0.4, -0.2) is 51.1 Å². The second kappa shape index (κ2) is 6.83. The van der Waals surface area contributed by atoms with Gasteiger partial charge in [-0.1, -0.05) is 13.0 Å². The van der Waals surface area contributed by atoms with Crippen molar-refractivity contribution in [2.75, 3.05) is 26.7 Å². The quantitative estimate of drug-likeness (QED) is 0.782. The van der Waals surface area contributed by atoms with Gasteiger partial charge in [-0.15, -0.1) is 0 Å². The van der Waals surface area contributed by atoms with E-state index in [0.717, 1.165) is 6.54 Å². The van der Waals surface area contributed by atoms with Crippen LogP contribution in [0.15, 0.2) is 23.1 Å². The molecule has 0 heterocycles. The Morgan fingerprint density at radius 1 is 1.40 bits per heavy atom. The van der Waals surface area contributed by atoms with Gasteiger partial charge in [-0.3, -0.25) is 0 Å². The van der Waals surface area contributed by atoms with Gasteiger partial charge in [0.05, 0.1) is 10.5 Å². The third-order valence-electron chi connectivity index (χ3n) is 3.05. The predicted molar refractivity (Wildman–Crippen MR) is 76.5 cm³/mol. The summed E-state index contributed by atoms with van der Waals surface area (Å²) in [5.74, 6) is -1.15. The van der Waals surface area contributed by atoms with Crippen molar-refractivity contribution in [1.29, 1.82) is 0 Å². The molecule has 0 amide bonds. The summed E-state index contributed by atoms with van der Waals surface area (Å²) in [5, 5.41) is 8.92. The van der Waals surface area contributed by atoms with Gasteiger partial charge < -0.3 is 10.0 Å². The molecule has 0 spiro atoms. The lowest BCUT2D eigenvalue weighted by Gasteiger charge is -2.15. The number of aryl methyl sites for hydroxylation is 1. The Balaban J connectivity index is 2.92. The maximum atomic E-state index is 12.2. The zero-order chi connectivity index (χ0) is 15.3. The zero-order valence-electron chi connectivity index (χ0n) is 11.9. The third kappa shape index (κ3) is 4.29.